The molecule has 1 heterocycles. The van der Waals surface area contributed by atoms with E-state index in [0.717, 1.165) is 0 Å². The molecule has 0 radical (unpaired) electrons. The van der Waals surface area contributed by atoms with E-state index in [0.29, 0.717) is 32.9 Å². The fourth-order valence-electron chi connectivity index (χ4n) is 2.31. The molecule has 1 amide bonds. The van der Waals surface area contributed by atoms with Crippen LogP contribution >= 0.6 is 23.2 Å². The highest BCUT2D eigenvalue weighted by Crippen LogP contribution is 2.30. The van der Waals surface area contributed by atoms with E-state index in [1.54, 1.807) is 37.3 Å². The topological polar surface area (TPSA) is 42.0 Å². The molecule has 0 saturated carbocycles. The maximum absolute atomic E-state index is 13.5. The molecule has 1 aromatic heterocycles. The third-order valence-electron chi connectivity index (χ3n) is 3.34. The fraction of sp³-hybridized carbons (Fsp3) is 0.0588. The van der Waals surface area contributed by atoms with Gasteiger partial charge in [0.1, 0.15) is 5.82 Å². The summed E-state index contributed by atoms with van der Waals surface area (Å²) in [5.74, 6) is -0.840. The van der Waals surface area contributed by atoms with Gasteiger partial charge in [-0.3, -0.25) is 9.78 Å². The molecule has 0 atom stereocenters. The molecule has 23 heavy (non-hydrogen) atoms. The summed E-state index contributed by atoms with van der Waals surface area (Å²) >= 11 is 12.0. The predicted octanol–water partition coefficient (Wildman–Crippen LogP) is 5.24. The largest absolute Gasteiger partial charge is 0.321 e. The lowest BCUT2D eigenvalue weighted by molar-refractivity contribution is 0.102. The summed E-state index contributed by atoms with van der Waals surface area (Å²) in [5, 5.41) is 3.73. The molecule has 3 nitrogen and oxygen atoms in total. The lowest BCUT2D eigenvalue weighted by Gasteiger charge is -2.11. The summed E-state index contributed by atoms with van der Waals surface area (Å²) in [6.07, 6.45) is 0. The summed E-state index contributed by atoms with van der Waals surface area (Å²) in [7, 11) is 0. The van der Waals surface area contributed by atoms with Crippen molar-refractivity contribution < 1.29 is 9.18 Å². The molecule has 116 valence electrons. The van der Waals surface area contributed by atoms with Crippen LogP contribution < -0.4 is 5.32 Å². The normalized spacial score (nSPS) is 10.8. The first-order valence-electron chi connectivity index (χ1n) is 6.78. The Labute approximate surface area is 142 Å². The Bertz CT molecular complexity index is 928. The zero-order valence-electron chi connectivity index (χ0n) is 12.0. The monoisotopic (exact) mass is 348 g/mol. The lowest BCUT2D eigenvalue weighted by Crippen LogP contribution is -2.13. The Morgan fingerprint density at radius 3 is 2.74 bits per heavy atom. The third kappa shape index (κ3) is 3.14. The number of hydrogen-bond acceptors (Lipinski definition) is 2. The molecule has 0 unspecified atom stereocenters. The highest BCUT2D eigenvalue weighted by atomic mass is 35.5. The molecule has 3 aromatic rings. The van der Waals surface area contributed by atoms with E-state index < -0.39 is 11.7 Å². The highest BCUT2D eigenvalue weighted by Gasteiger charge is 2.15. The van der Waals surface area contributed by atoms with Crippen LogP contribution in [0.4, 0.5) is 10.1 Å². The number of hydrogen-bond donors (Lipinski definition) is 1. The molecule has 0 spiro atoms. The minimum Gasteiger partial charge on any atom is -0.321 e. The summed E-state index contributed by atoms with van der Waals surface area (Å²) in [5.41, 5.74) is 1.92. The van der Waals surface area contributed by atoms with Crippen LogP contribution in [0.5, 0.6) is 0 Å². The van der Waals surface area contributed by atoms with Gasteiger partial charge in [-0.2, -0.15) is 0 Å². The van der Waals surface area contributed by atoms with Crippen LogP contribution in [0.2, 0.25) is 10.0 Å². The van der Waals surface area contributed by atoms with E-state index in [1.165, 1.54) is 12.1 Å². The molecule has 1 N–H and O–H groups in total. The van der Waals surface area contributed by atoms with Crippen molar-refractivity contribution in [1.82, 2.24) is 4.98 Å². The van der Waals surface area contributed by atoms with E-state index in [-0.39, 0.29) is 5.02 Å². The number of nitrogens with one attached hydrogen (secondary N) is 1. The van der Waals surface area contributed by atoms with Gasteiger partial charge < -0.3 is 5.32 Å². The summed E-state index contributed by atoms with van der Waals surface area (Å²) < 4.78 is 13.5. The number of carbonyl (C=O) groups is 1. The highest BCUT2D eigenvalue weighted by molar-refractivity contribution is 6.44. The van der Waals surface area contributed by atoms with E-state index in [4.69, 9.17) is 23.2 Å². The zero-order valence-corrected chi connectivity index (χ0v) is 13.5. The molecular formula is C17H11Cl2FN2O. The number of amides is 1. The first-order chi connectivity index (χ1) is 11.0. The number of carbonyl (C=O) groups excluding carboxylic acids is 1. The maximum atomic E-state index is 13.5. The average molecular weight is 349 g/mol. The maximum Gasteiger partial charge on any atom is 0.256 e. The second-order valence-corrected chi connectivity index (χ2v) is 5.81. The molecular weight excluding hydrogens is 338 g/mol. The number of aromatic nitrogens is 1. The van der Waals surface area contributed by atoms with Crippen LogP contribution in [0.3, 0.4) is 0 Å². The van der Waals surface area contributed by atoms with Crippen LogP contribution in [0.25, 0.3) is 10.9 Å². The van der Waals surface area contributed by atoms with Gasteiger partial charge in [0.2, 0.25) is 0 Å². The van der Waals surface area contributed by atoms with Gasteiger partial charge in [0.25, 0.3) is 5.91 Å². The fourth-order valence-corrected chi connectivity index (χ4v) is 2.66. The summed E-state index contributed by atoms with van der Waals surface area (Å²) in [6.45, 7) is 1.77. The quantitative estimate of drug-likeness (QED) is 0.687. The number of pyridine rings is 1. The first kappa shape index (κ1) is 15.7. The van der Waals surface area contributed by atoms with Gasteiger partial charge in [-0.15, -0.1) is 0 Å². The van der Waals surface area contributed by atoms with Gasteiger partial charge in [-0.05, 0) is 43.3 Å². The molecule has 6 heteroatoms. The number of aryl methyl sites for hydroxylation is 1. The van der Waals surface area contributed by atoms with Crippen LogP contribution in [-0.4, -0.2) is 10.9 Å². The van der Waals surface area contributed by atoms with Crippen molar-refractivity contribution in [2.24, 2.45) is 0 Å². The minimum atomic E-state index is -0.432. The standard InChI is InChI=1S/C17H11Cl2FN2O/c1-9-7-12(11-8-10(20)5-6-14(11)21-9)17(23)22-15-4-2-3-13(18)16(15)19/h2-8H,1H3,(H,22,23). The van der Waals surface area contributed by atoms with Crippen molar-refractivity contribution in [2.75, 3.05) is 5.32 Å². The van der Waals surface area contributed by atoms with Crippen molar-refractivity contribution in [3.63, 3.8) is 0 Å². The van der Waals surface area contributed by atoms with Crippen molar-refractivity contribution in [3.05, 3.63) is 69.6 Å². The van der Waals surface area contributed by atoms with Gasteiger partial charge in [-0.1, -0.05) is 29.3 Å². The summed E-state index contributed by atoms with van der Waals surface area (Å²) in [4.78, 5) is 16.9. The molecule has 0 aliphatic rings. The Morgan fingerprint density at radius 1 is 1.17 bits per heavy atom. The van der Waals surface area contributed by atoms with Gasteiger partial charge in [0, 0.05) is 11.1 Å². The number of halogens is 3. The van der Waals surface area contributed by atoms with Crippen LogP contribution in [0, 0.1) is 12.7 Å². The van der Waals surface area contributed by atoms with Gasteiger partial charge in [-0.25, -0.2) is 4.39 Å². The third-order valence-corrected chi connectivity index (χ3v) is 4.16. The van der Waals surface area contributed by atoms with Crippen molar-refractivity contribution in [1.29, 1.82) is 0 Å². The molecule has 0 fully saturated rings. The van der Waals surface area contributed by atoms with Crippen molar-refractivity contribution in [2.45, 2.75) is 6.92 Å². The first-order valence-corrected chi connectivity index (χ1v) is 7.53. The average Bonchev–Trinajstić information content (AvgIpc) is 2.51. The Hall–Kier alpha value is -2.17. The minimum absolute atomic E-state index is 0.254. The van der Waals surface area contributed by atoms with Crippen LogP contribution in [-0.2, 0) is 0 Å². The molecule has 0 aliphatic carbocycles. The van der Waals surface area contributed by atoms with Gasteiger partial charge >= 0.3 is 0 Å². The molecule has 3 rings (SSSR count). The molecule has 2 aromatic carbocycles. The number of fused-ring (bicyclic) bond motifs is 1. The van der Waals surface area contributed by atoms with E-state index in [2.05, 4.69) is 10.3 Å². The SMILES string of the molecule is Cc1cc(C(=O)Nc2cccc(Cl)c2Cl)c2cc(F)ccc2n1. The Kier molecular flexibility index (Phi) is 4.20. The number of nitrogens with zero attached hydrogens (tertiary/aromatic N) is 1. The molecule has 0 aliphatic heterocycles. The lowest BCUT2D eigenvalue weighted by atomic mass is 10.1. The number of anilines is 1. The molecule has 0 bridgehead atoms. The van der Waals surface area contributed by atoms with E-state index >= 15 is 0 Å². The van der Waals surface area contributed by atoms with Gasteiger partial charge in [0.05, 0.1) is 26.8 Å². The number of rotatable bonds is 2. The smallest absolute Gasteiger partial charge is 0.256 e. The van der Waals surface area contributed by atoms with Gasteiger partial charge in [0.15, 0.2) is 0 Å². The Balaban J connectivity index is 2.07. The summed E-state index contributed by atoms with van der Waals surface area (Å²) in [6, 6.07) is 10.7. The van der Waals surface area contributed by atoms with Crippen LogP contribution in [0.1, 0.15) is 16.1 Å². The van der Waals surface area contributed by atoms with Crippen LogP contribution in [0.15, 0.2) is 42.5 Å². The van der Waals surface area contributed by atoms with E-state index in [1.807, 2.05) is 0 Å². The Morgan fingerprint density at radius 2 is 1.96 bits per heavy atom. The number of benzene rings is 2. The predicted molar refractivity (Wildman–Crippen MR) is 90.9 cm³/mol. The zero-order chi connectivity index (χ0) is 16.6. The van der Waals surface area contributed by atoms with E-state index in [9.17, 15) is 9.18 Å². The van der Waals surface area contributed by atoms with Crippen molar-refractivity contribution >= 4 is 45.7 Å². The second-order valence-electron chi connectivity index (χ2n) is 5.03. The van der Waals surface area contributed by atoms with Crippen molar-refractivity contribution in [3.8, 4) is 0 Å². The second kappa shape index (κ2) is 6.14. The molecule has 0 saturated heterocycles.